The average molecular weight is 306 g/mol. The lowest BCUT2D eigenvalue weighted by Crippen LogP contribution is -2.26. The zero-order valence-electron chi connectivity index (χ0n) is 13.0. The number of aromatic nitrogens is 1. The second kappa shape index (κ2) is 6.49. The van der Waals surface area contributed by atoms with Crippen LogP contribution in [0.5, 0.6) is 0 Å². The van der Waals surface area contributed by atoms with Gasteiger partial charge in [0.1, 0.15) is 11.9 Å². The summed E-state index contributed by atoms with van der Waals surface area (Å²) >= 11 is 0. The normalized spacial score (nSPS) is 13.2. The topological polar surface area (TPSA) is 69.0 Å². The molecule has 23 heavy (non-hydrogen) atoms. The van der Waals surface area contributed by atoms with Crippen LogP contribution in [0.4, 0.5) is 5.82 Å². The molecule has 1 aliphatic carbocycles. The minimum absolute atomic E-state index is 0.0793. The molecule has 5 nitrogen and oxygen atoms in total. The Labute approximate surface area is 135 Å². The van der Waals surface area contributed by atoms with Crippen molar-refractivity contribution in [2.75, 3.05) is 11.9 Å². The molecule has 0 unspecified atom stereocenters. The summed E-state index contributed by atoms with van der Waals surface area (Å²) in [4.78, 5) is 18.3. The SMILES string of the molecule is CNC(=O)c1ccc(CN(c2ccc(C#N)cn2)C2CC2)cc1. The van der Waals surface area contributed by atoms with Gasteiger partial charge in [-0.2, -0.15) is 5.26 Å². The number of benzene rings is 1. The molecule has 2 aromatic rings. The van der Waals surface area contributed by atoms with E-state index in [1.165, 1.54) is 0 Å². The minimum Gasteiger partial charge on any atom is -0.355 e. The van der Waals surface area contributed by atoms with Crippen LogP contribution in [0.2, 0.25) is 0 Å². The number of nitriles is 1. The van der Waals surface area contributed by atoms with Gasteiger partial charge in [0.25, 0.3) is 5.91 Å². The highest BCUT2D eigenvalue weighted by molar-refractivity contribution is 5.93. The van der Waals surface area contributed by atoms with Gasteiger partial charge in [0, 0.05) is 31.4 Å². The first-order valence-electron chi connectivity index (χ1n) is 7.65. The number of hydrogen-bond acceptors (Lipinski definition) is 4. The zero-order chi connectivity index (χ0) is 16.2. The van der Waals surface area contributed by atoms with Gasteiger partial charge in [0.05, 0.1) is 5.56 Å². The quantitative estimate of drug-likeness (QED) is 0.921. The first kappa shape index (κ1) is 15.0. The maximum absolute atomic E-state index is 11.6. The lowest BCUT2D eigenvalue weighted by atomic mass is 10.1. The summed E-state index contributed by atoms with van der Waals surface area (Å²) in [5, 5.41) is 11.5. The fourth-order valence-electron chi connectivity index (χ4n) is 2.51. The first-order chi connectivity index (χ1) is 11.2. The Hall–Kier alpha value is -2.87. The number of nitrogens with one attached hydrogen (secondary N) is 1. The Morgan fingerprint density at radius 3 is 2.57 bits per heavy atom. The van der Waals surface area contributed by atoms with E-state index in [0.717, 1.165) is 30.8 Å². The summed E-state index contributed by atoms with van der Waals surface area (Å²) in [7, 11) is 1.63. The Kier molecular flexibility index (Phi) is 4.24. The van der Waals surface area contributed by atoms with E-state index in [-0.39, 0.29) is 5.91 Å². The van der Waals surface area contributed by atoms with Gasteiger partial charge in [-0.3, -0.25) is 4.79 Å². The van der Waals surface area contributed by atoms with Gasteiger partial charge in [0.2, 0.25) is 0 Å². The molecule has 0 radical (unpaired) electrons. The molecule has 0 spiro atoms. The molecule has 1 N–H and O–H groups in total. The van der Waals surface area contributed by atoms with Crippen LogP contribution in [-0.2, 0) is 6.54 Å². The second-order valence-electron chi connectivity index (χ2n) is 5.65. The molecule has 1 saturated carbocycles. The smallest absolute Gasteiger partial charge is 0.251 e. The molecule has 5 heteroatoms. The van der Waals surface area contributed by atoms with Crippen LogP contribution in [-0.4, -0.2) is 24.0 Å². The van der Waals surface area contributed by atoms with Crippen LogP contribution in [0.15, 0.2) is 42.6 Å². The van der Waals surface area contributed by atoms with E-state index in [9.17, 15) is 4.79 Å². The molecule has 1 fully saturated rings. The maximum Gasteiger partial charge on any atom is 0.251 e. The third kappa shape index (κ3) is 3.49. The molecule has 0 saturated heterocycles. The van der Waals surface area contributed by atoms with Gasteiger partial charge in [-0.25, -0.2) is 4.98 Å². The molecular formula is C18H18N4O. The predicted molar refractivity (Wildman–Crippen MR) is 88.0 cm³/mol. The number of carbonyl (C=O) groups is 1. The van der Waals surface area contributed by atoms with E-state index >= 15 is 0 Å². The third-order valence-corrected chi connectivity index (χ3v) is 3.95. The molecule has 1 aromatic heterocycles. The molecule has 0 bridgehead atoms. The van der Waals surface area contributed by atoms with Crippen LogP contribution >= 0.6 is 0 Å². The van der Waals surface area contributed by atoms with Crippen molar-refractivity contribution >= 4 is 11.7 Å². The van der Waals surface area contributed by atoms with E-state index in [4.69, 9.17) is 5.26 Å². The molecular weight excluding hydrogens is 288 g/mol. The largest absolute Gasteiger partial charge is 0.355 e. The van der Waals surface area contributed by atoms with Crippen molar-refractivity contribution < 1.29 is 4.79 Å². The number of rotatable bonds is 5. The van der Waals surface area contributed by atoms with Crippen LogP contribution < -0.4 is 10.2 Å². The van der Waals surface area contributed by atoms with Crippen molar-refractivity contribution in [1.82, 2.24) is 10.3 Å². The highest BCUT2D eigenvalue weighted by atomic mass is 16.1. The summed E-state index contributed by atoms with van der Waals surface area (Å²) in [6.07, 6.45) is 3.94. The van der Waals surface area contributed by atoms with Gasteiger partial charge < -0.3 is 10.2 Å². The second-order valence-corrected chi connectivity index (χ2v) is 5.65. The van der Waals surface area contributed by atoms with Crippen molar-refractivity contribution in [3.63, 3.8) is 0 Å². The van der Waals surface area contributed by atoms with E-state index in [2.05, 4.69) is 21.3 Å². The molecule has 1 heterocycles. The summed E-state index contributed by atoms with van der Waals surface area (Å²) in [5.74, 6) is 0.811. The number of pyridine rings is 1. The zero-order valence-corrected chi connectivity index (χ0v) is 13.0. The monoisotopic (exact) mass is 306 g/mol. The lowest BCUT2D eigenvalue weighted by Gasteiger charge is -2.23. The van der Waals surface area contributed by atoms with Crippen molar-refractivity contribution in [3.05, 3.63) is 59.3 Å². The minimum atomic E-state index is -0.0793. The fourth-order valence-corrected chi connectivity index (χ4v) is 2.51. The van der Waals surface area contributed by atoms with E-state index in [1.807, 2.05) is 30.3 Å². The first-order valence-corrected chi connectivity index (χ1v) is 7.65. The average Bonchev–Trinajstić information content (AvgIpc) is 3.44. The van der Waals surface area contributed by atoms with E-state index in [0.29, 0.717) is 17.2 Å². The molecule has 0 aliphatic heterocycles. The number of anilines is 1. The Balaban J connectivity index is 1.77. The Morgan fingerprint density at radius 2 is 2.04 bits per heavy atom. The fraction of sp³-hybridized carbons (Fsp3) is 0.278. The molecule has 116 valence electrons. The number of carbonyl (C=O) groups excluding carboxylic acids is 1. The van der Waals surface area contributed by atoms with Crippen molar-refractivity contribution in [3.8, 4) is 6.07 Å². The number of hydrogen-bond donors (Lipinski definition) is 1. The molecule has 1 aliphatic rings. The van der Waals surface area contributed by atoms with Gasteiger partial charge in [-0.1, -0.05) is 12.1 Å². The van der Waals surface area contributed by atoms with Gasteiger partial charge in [-0.05, 0) is 42.7 Å². The van der Waals surface area contributed by atoms with Crippen LogP contribution in [0.1, 0.15) is 34.3 Å². The standard InChI is InChI=1S/C18H18N4O/c1-20-18(23)15-5-2-13(3-6-15)12-22(16-7-8-16)17-9-4-14(10-19)11-21-17/h2-6,9,11,16H,7-8,12H2,1H3,(H,20,23). The van der Waals surface area contributed by atoms with Gasteiger partial charge >= 0.3 is 0 Å². The summed E-state index contributed by atoms with van der Waals surface area (Å²) in [6.45, 7) is 0.748. The van der Waals surface area contributed by atoms with Crippen molar-refractivity contribution in [2.45, 2.75) is 25.4 Å². The maximum atomic E-state index is 11.6. The van der Waals surface area contributed by atoms with Gasteiger partial charge in [-0.15, -0.1) is 0 Å². The summed E-state index contributed by atoms with van der Waals surface area (Å²) in [5.41, 5.74) is 2.36. The van der Waals surface area contributed by atoms with Crippen LogP contribution in [0.25, 0.3) is 0 Å². The molecule has 3 rings (SSSR count). The highest BCUT2D eigenvalue weighted by Gasteiger charge is 2.30. The Morgan fingerprint density at radius 1 is 1.30 bits per heavy atom. The summed E-state index contributed by atoms with van der Waals surface area (Å²) < 4.78 is 0. The predicted octanol–water partition coefficient (Wildman–Crippen LogP) is 2.48. The molecule has 1 aromatic carbocycles. The van der Waals surface area contributed by atoms with Crippen molar-refractivity contribution in [2.24, 2.45) is 0 Å². The number of amides is 1. The van der Waals surface area contributed by atoms with E-state index < -0.39 is 0 Å². The highest BCUT2D eigenvalue weighted by Crippen LogP contribution is 2.32. The number of nitrogens with zero attached hydrogens (tertiary/aromatic N) is 3. The van der Waals surface area contributed by atoms with Crippen LogP contribution in [0.3, 0.4) is 0 Å². The Bertz CT molecular complexity index is 727. The van der Waals surface area contributed by atoms with Crippen molar-refractivity contribution in [1.29, 1.82) is 5.26 Å². The molecule has 0 atom stereocenters. The molecule has 1 amide bonds. The lowest BCUT2D eigenvalue weighted by molar-refractivity contribution is 0.0963. The van der Waals surface area contributed by atoms with Gasteiger partial charge in [0.15, 0.2) is 0 Å². The third-order valence-electron chi connectivity index (χ3n) is 3.95. The summed E-state index contributed by atoms with van der Waals surface area (Å²) in [6, 6.07) is 13.9. The van der Waals surface area contributed by atoms with Crippen LogP contribution in [0, 0.1) is 11.3 Å². The van der Waals surface area contributed by atoms with E-state index in [1.54, 1.807) is 19.3 Å².